The van der Waals surface area contributed by atoms with Crippen LogP contribution in [0.15, 0.2) is 47.4 Å². The minimum absolute atomic E-state index is 0.154. The van der Waals surface area contributed by atoms with Gasteiger partial charge in [0, 0.05) is 26.2 Å². The molecular weight excluding hydrogens is 389 g/mol. The Kier molecular flexibility index (Phi) is 5.37. The van der Waals surface area contributed by atoms with Gasteiger partial charge >= 0.3 is 0 Å². The zero-order valence-corrected chi connectivity index (χ0v) is 16.7. The average Bonchev–Trinajstić information content (AvgIpc) is 3.01. The Labute approximate surface area is 162 Å². The van der Waals surface area contributed by atoms with E-state index in [1.165, 1.54) is 32.3 Å². The van der Waals surface area contributed by atoms with Gasteiger partial charge in [0.05, 0.1) is 21.0 Å². The van der Waals surface area contributed by atoms with E-state index < -0.39 is 10.0 Å². The molecule has 27 heavy (non-hydrogen) atoms. The lowest BCUT2D eigenvalue weighted by molar-refractivity contribution is 0.521. The normalized spacial score (nSPS) is 12.9. The SMILES string of the molecule is CCn1c(/C(Cl)=C/c2ccccc2F)nc2cc(S(=O)(=O)N(C)C)ccc21. The fourth-order valence-electron chi connectivity index (χ4n) is 2.78. The van der Waals surface area contributed by atoms with Crippen molar-refractivity contribution < 1.29 is 12.8 Å². The fraction of sp³-hybridized carbons (Fsp3) is 0.211. The van der Waals surface area contributed by atoms with E-state index in [-0.39, 0.29) is 15.7 Å². The van der Waals surface area contributed by atoms with Crippen LogP contribution in [0, 0.1) is 5.82 Å². The van der Waals surface area contributed by atoms with E-state index in [0.717, 1.165) is 9.82 Å². The average molecular weight is 408 g/mol. The van der Waals surface area contributed by atoms with Gasteiger partial charge in [0.25, 0.3) is 0 Å². The third-order valence-corrected chi connectivity index (χ3v) is 6.30. The maximum Gasteiger partial charge on any atom is 0.242 e. The molecule has 0 N–H and O–H groups in total. The van der Waals surface area contributed by atoms with Crippen LogP contribution in [0.5, 0.6) is 0 Å². The van der Waals surface area contributed by atoms with Crippen molar-refractivity contribution >= 4 is 43.8 Å². The summed E-state index contributed by atoms with van der Waals surface area (Å²) in [6.45, 7) is 2.51. The summed E-state index contributed by atoms with van der Waals surface area (Å²) in [6, 6.07) is 11.1. The van der Waals surface area contributed by atoms with Crippen LogP contribution >= 0.6 is 11.6 Å². The standard InChI is InChI=1S/C19H19ClFN3O2S/c1-4-24-18-10-9-14(27(25,26)23(2)3)12-17(18)22-19(24)15(20)11-13-7-5-6-8-16(13)21/h5-12H,4H2,1-3H3/b15-11-. The molecule has 1 heterocycles. The summed E-state index contributed by atoms with van der Waals surface area (Å²) in [5.41, 5.74) is 1.62. The molecule has 5 nitrogen and oxygen atoms in total. The molecule has 142 valence electrons. The van der Waals surface area contributed by atoms with E-state index in [1.807, 2.05) is 11.5 Å². The predicted octanol–water partition coefficient (Wildman–Crippen LogP) is 4.18. The summed E-state index contributed by atoms with van der Waals surface area (Å²) in [4.78, 5) is 4.65. The Morgan fingerprint density at radius 1 is 1.26 bits per heavy atom. The molecule has 0 saturated heterocycles. The first-order valence-corrected chi connectivity index (χ1v) is 10.1. The number of nitrogens with zero attached hydrogens (tertiary/aromatic N) is 3. The maximum absolute atomic E-state index is 13.9. The molecule has 0 radical (unpaired) electrons. The highest BCUT2D eigenvalue weighted by Gasteiger charge is 2.20. The third-order valence-electron chi connectivity index (χ3n) is 4.22. The Bertz CT molecular complexity index is 1140. The molecule has 0 unspecified atom stereocenters. The van der Waals surface area contributed by atoms with Crippen LogP contribution in [-0.2, 0) is 16.6 Å². The lowest BCUT2D eigenvalue weighted by Crippen LogP contribution is -2.22. The van der Waals surface area contributed by atoms with Crippen molar-refractivity contribution in [2.24, 2.45) is 0 Å². The molecule has 3 rings (SSSR count). The number of hydrogen-bond donors (Lipinski definition) is 0. The van der Waals surface area contributed by atoms with Crippen molar-refractivity contribution in [2.45, 2.75) is 18.4 Å². The number of imidazole rings is 1. The van der Waals surface area contributed by atoms with Gasteiger partial charge in [0.1, 0.15) is 5.82 Å². The number of benzene rings is 2. The molecule has 0 aliphatic carbocycles. The Balaban J connectivity index is 2.15. The molecule has 2 aromatic carbocycles. The second kappa shape index (κ2) is 7.42. The summed E-state index contributed by atoms with van der Waals surface area (Å²) in [7, 11) is -0.615. The van der Waals surface area contributed by atoms with Crippen LogP contribution in [0.25, 0.3) is 22.1 Å². The number of sulfonamides is 1. The zero-order valence-electron chi connectivity index (χ0n) is 15.1. The Morgan fingerprint density at radius 3 is 2.59 bits per heavy atom. The summed E-state index contributed by atoms with van der Waals surface area (Å²) in [6.07, 6.45) is 1.52. The largest absolute Gasteiger partial charge is 0.324 e. The smallest absolute Gasteiger partial charge is 0.242 e. The van der Waals surface area contributed by atoms with E-state index in [2.05, 4.69) is 4.98 Å². The Morgan fingerprint density at radius 2 is 1.96 bits per heavy atom. The maximum atomic E-state index is 13.9. The van der Waals surface area contributed by atoms with Gasteiger partial charge in [0.2, 0.25) is 10.0 Å². The van der Waals surface area contributed by atoms with Gasteiger partial charge in [-0.15, -0.1) is 0 Å². The van der Waals surface area contributed by atoms with Crippen LogP contribution in [0.4, 0.5) is 4.39 Å². The Hall–Kier alpha value is -2.22. The van der Waals surface area contributed by atoms with E-state index >= 15 is 0 Å². The zero-order chi connectivity index (χ0) is 19.8. The number of aromatic nitrogens is 2. The fourth-order valence-corrected chi connectivity index (χ4v) is 3.96. The van der Waals surface area contributed by atoms with Crippen LogP contribution in [-0.4, -0.2) is 36.4 Å². The third kappa shape index (κ3) is 3.63. The van der Waals surface area contributed by atoms with Gasteiger partial charge in [0.15, 0.2) is 5.82 Å². The van der Waals surface area contributed by atoms with E-state index in [4.69, 9.17) is 11.6 Å². The summed E-state index contributed by atoms with van der Waals surface area (Å²) >= 11 is 6.43. The molecule has 0 aliphatic heterocycles. The molecule has 3 aromatic rings. The van der Waals surface area contributed by atoms with E-state index in [9.17, 15) is 12.8 Å². The highest BCUT2D eigenvalue weighted by molar-refractivity contribution is 7.89. The molecule has 0 aliphatic rings. The molecule has 0 fully saturated rings. The minimum Gasteiger partial charge on any atom is -0.324 e. The van der Waals surface area contributed by atoms with Crippen LogP contribution in [0.3, 0.4) is 0 Å². The summed E-state index contributed by atoms with van der Waals surface area (Å²) in [5.74, 6) is 0.0750. The summed E-state index contributed by atoms with van der Waals surface area (Å²) in [5, 5.41) is 0.273. The number of aryl methyl sites for hydroxylation is 1. The van der Waals surface area contributed by atoms with E-state index in [0.29, 0.717) is 23.4 Å². The molecule has 1 aromatic heterocycles. The minimum atomic E-state index is -3.57. The number of halogens is 2. The van der Waals surface area contributed by atoms with Crippen LogP contribution < -0.4 is 0 Å². The molecule has 0 spiro atoms. The second-order valence-corrected chi connectivity index (χ2v) is 8.69. The van der Waals surface area contributed by atoms with Gasteiger partial charge < -0.3 is 4.57 Å². The van der Waals surface area contributed by atoms with Crippen molar-refractivity contribution in [3.8, 4) is 0 Å². The molecule has 0 saturated carbocycles. The van der Waals surface area contributed by atoms with Gasteiger partial charge in [-0.2, -0.15) is 0 Å². The number of fused-ring (bicyclic) bond motifs is 1. The lowest BCUT2D eigenvalue weighted by atomic mass is 10.2. The highest BCUT2D eigenvalue weighted by Crippen LogP contribution is 2.28. The predicted molar refractivity (Wildman–Crippen MR) is 106 cm³/mol. The van der Waals surface area contributed by atoms with Crippen LogP contribution in [0.1, 0.15) is 18.3 Å². The van der Waals surface area contributed by atoms with Crippen molar-refractivity contribution in [3.05, 3.63) is 59.7 Å². The van der Waals surface area contributed by atoms with Gasteiger partial charge in [-0.1, -0.05) is 29.8 Å². The molecular formula is C19H19ClFN3O2S. The summed E-state index contributed by atoms with van der Waals surface area (Å²) < 4.78 is 41.6. The monoisotopic (exact) mass is 407 g/mol. The lowest BCUT2D eigenvalue weighted by Gasteiger charge is -2.11. The van der Waals surface area contributed by atoms with Crippen molar-refractivity contribution in [3.63, 3.8) is 0 Å². The quantitative estimate of drug-likeness (QED) is 0.637. The highest BCUT2D eigenvalue weighted by atomic mass is 35.5. The van der Waals surface area contributed by atoms with Crippen molar-refractivity contribution in [1.82, 2.24) is 13.9 Å². The first-order valence-electron chi connectivity index (χ1n) is 8.30. The first kappa shape index (κ1) is 19.5. The molecule has 8 heteroatoms. The topological polar surface area (TPSA) is 55.2 Å². The van der Waals surface area contributed by atoms with Gasteiger partial charge in [-0.05, 0) is 37.3 Å². The molecule has 0 bridgehead atoms. The van der Waals surface area contributed by atoms with Gasteiger partial charge in [-0.3, -0.25) is 0 Å². The van der Waals surface area contributed by atoms with Crippen molar-refractivity contribution in [2.75, 3.05) is 14.1 Å². The number of rotatable bonds is 5. The second-order valence-electron chi connectivity index (χ2n) is 6.13. The van der Waals surface area contributed by atoms with Crippen LogP contribution in [0.2, 0.25) is 0 Å². The first-order chi connectivity index (χ1) is 12.8. The molecule has 0 atom stereocenters. The van der Waals surface area contributed by atoms with Gasteiger partial charge in [-0.25, -0.2) is 22.1 Å². The molecule has 0 amide bonds. The van der Waals surface area contributed by atoms with Crippen molar-refractivity contribution in [1.29, 1.82) is 0 Å². The number of hydrogen-bond acceptors (Lipinski definition) is 3. The van der Waals surface area contributed by atoms with E-state index in [1.54, 1.807) is 30.3 Å².